The molecule has 1 aliphatic heterocycles. The Morgan fingerprint density at radius 2 is 2.09 bits per heavy atom. The second-order valence-electron chi connectivity index (χ2n) is 5.80. The fraction of sp³-hybridized carbons (Fsp3) is 0.529. The smallest absolute Gasteiger partial charge is 0.245 e. The van der Waals surface area contributed by atoms with Crippen LogP contribution in [0.3, 0.4) is 0 Å². The summed E-state index contributed by atoms with van der Waals surface area (Å²) in [6, 6.07) is 10.0. The Kier molecular flexibility index (Phi) is 5.55. The zero-order valence-electron chi connectivity index (χ0n) is 13.3. The number of benzene rings is 1. The minimum atomic E-state index is -0.750. The molecule has 1 N–H and O–H groups in total. The van der Waals surface area contributed by atoms with E-state index in [1.165, 1.54) is 5.56 Å². The van der Waals surface area contributed by atoms with Crippen molar-refractivity contribution in [3.63, 3.8) is 0 Å². The topological polar surface area (TPSA) is 58.6 Å². The van der Waals surface area contributed by atoms with Gasteiger partial charge in [0.15, 0.2) is 0 Å². The van der Waals surface area contributed by atoms with Gasteiger partial charge in [-0.3, -0.25) is 9.59 Å². The highest BCUT2D eigenvalue weighted by Gasteiger charge is 2.46. The molecule has 2 rings (SSSR count). The van der Waals surface area contributed by atoms with Gasteiger partial charge in [-0.15, -0.1) is 0 Å². The summed E-state index contributed by atoms with van der Waals surface area (Å²) in [5, 5.41) is 2.86. The standard InChI is InChI=1S/C17H24N2O3/c1-17(16(21)18-11-13-22-2)10-8-15(20)19(17)12-9-14-6-4-3-5-7-14/h3-7H,8-13H2,1-2H3,(H,18,21)/t17-/m1/s1. The molecule has 1 atom stereocenters. The van der Waals surface area contributed by atoms with Crippen LogP contribution in [-0.4, -0.2) is 49.1 Å². The summed E-state index contributed by atoms with van der Waals surface area (Å²) in [4.78, 5) is 26.3. The Hall–Kier alpha value is -1.88. The molecule has 0 aromatic heterocycles. The summed E-state index contributed by atoms with van der Waals surface area (Å²) >= 11 is 0. The molecule has 0 bridgehead atoms. The van der Waals surface area contributed by atoms with Gasteiger partial charge in [-0.25, -0.2) is 0 Å². The molecule has 5 nitrogen and oxygen atoms in total. The van der Waals surface area contributed by atoms with Gasteiger partial charge in [-0.1, -0.05) is 30.3 Å². The third-order valence-electron chi connectivity index (χ3n) is 4.27. The SMILES string of the molecule is COCCNC(=O)[C@@]1(C)CCC(=O)N1CCc1ccccc1. The van der Waals surface area contributed by atoms with Crippen molar-refractivity contribution in [1.82, 2.24) is 10.2 Å². The molecule has 1 aromatic carbocycles. The number of rotatable bonds is 7. The molecule has 0 saturated carbocycles. The lowest BCUT2D eigenvalue weighted by molar-refractivity contribution is -0.140. The van der Waals surface area contributed by atoms with Gasteiger partial charge in [0.05, 0.1) is 6.61 Å². The predicted octanol–water partition coefficient (Wildman–Crippen LogP) is 1.37. The lowest BCUT2D eigenvalue weighted by atomic mass is 9.97. The first-order valence-corrected chi connectivity index (χ1v) is 7.69. The van der Waals surface area contributed by atoms with Crippen molar-refractivity contribution in [3.8, 4) is 0 Å². The highest BCUT2D eigenvalue weighted by Crippen LogP contribution is 2.30. The van der Waals surface area contributed by atoms with E-state index in [2.05, 4.69) is 5.32 Å². The Morgan fingerprint density at radius 3 is 2.77 bits per heavy atom. The highest BCUT2D eigenvalue weighted by molar-refractivity contribution is 5.94. The fourth-order valence-corrected chi connectivity index (χ4v) is 2.85. The average Bonchev–Trinajstić information content (AvgIpc) is 2.83. The first-order chi connectivity index (χ1) is 10.6. The van der Waals surface area contributed by atoms with Crippen LogP contribution in [0.5, 0.6) is 0 Å². The number of nitrogens with zero attached hydrogens (tertiary/aromatic N) is 1. The lowest BCUT2D eigenvalue weighted by Crippen LogP contribution is -2.55. The largest absolute Gasteiger partial charge is 0.383 e. The normalized spacial score (nSPS) is 21.2. The quantitative estimate of drug-likeness (QED) is 0.774. The Labute approximate surface area is 131 Å². The number of likely N-dealkylation sites (tertiary alicyclic amines) is 1. The van der Waals surface area contributed by atoms with E-state index in [1.807, 2.05) is 37.3 Å². The van der Waals surface area contributed by atoms with E-state index in [4.69, 9.17) is 4.74 Å². The lowest BCUT2D eigenvalue weighted by Gasteiger charge is -2.34. The molecular weight excluding hydrogens is 280 g/mol. The molecule has 5 heteroatoms. The second kappa shape index (κ2) is 7.40. The minimum absolute atomic E-state index is 0.0559. The zero-order chi connectivity index (χ0) is 16.0. The van der Waals surface area contributed by atoms with Crippen LogP contribution in [0.15, 0.2) is 30.3 Å². The minimum Gasteiger partial charge on any atom is -0.383 e. The number of carbonyl (C=O) groups is 2. The van der Waals surface area contributed by atoms with E-state index < -0.39 is 5.54 Å². The monoisotopic (exact) mass is 304 g/mol. The van der Waals surface area contributed by atoms with Crippen LogP contribution in [-0.2, 0) is 20.7 Å². The van der Waals surface area contributed by atoms with Gasteiger partial charge in [0.1, 0.15) is 5.54 Å². The van der Waals surface area contributed by atoms with Crippen LogP contribution in [0, 0.1) is 0 Å². The third-order valence-corrected chi connectivity index (χ3v) is 4.27. The summed E-state index contributed by atoms with van der Waals surface area (Å²) in [7, 11) is 1.60. The second-order valence-corrected chi connectivity index (χ2v) is 5.80. The molecule has 1 heterocycles. The van der Waals surface area contributed by atoms with Gasteiger partial charge in [0, 0.05) is 26.6 Å². The summed E-state index contributed by atoms with van der Waals surface area (Å²) in [6.45, 7) is 3.35. The number of ether oxygens (including phenoxy) is 1. The Balaban J connectivity index is 2.00. The van der Waals surface area contributed by atoms with Crippen molar-refractivity contribution in [2.75, 3.05) is 26.8 Å². The molecular formula is C17H24N2O3. The maximum atomic E-state index is 12.4. The zero-order valence-corrected chi connectivity index (χ0v) is 13.3. The van der Waals surface area contributed by atoms with Crippen LogP contribution < -0.4 is 5.32 Å². The van der Waals surface area contributed by atoms with Crippen LogP contribution >= 0.6 is 0 Å². The molecule has 1 fully saturated rings. The van der Waals surface area contributed by atoms with Crippen molar-refractivity contribution in [2.24, 2.45) is 0 Å². The van der Waals surface area contributed by atoms with E-state index in [1.54, 1.807) is 12.0 Å². The third kappa shape index (κ3) is 3.65. The summed E-state index contributed by atoms with van der Waals surface area (Å²) in [5.74, 6) is -0.0382. The van der Waals surface area contributed by atoms with Crippen LogP contribution in [0.1, 0.15) is 25.3 Å². The molecule has 0 radical (unpaired) electrons. The number of methoxy groups -OCH3 is 1. The summed E-state index contributed by atoms with van der Waals surface area (Å²) in [6.07, 6.45) is 1.76. The first kappa shape index (κ1) is 16.5. The summed E-state index contributed by atoms with van der Waals surface area (Å²) in [5.41, 5.74) is 0.420. The van der Waals surface area contributed by atoms with Crippen LogP contribution in [0.25, 0.3) is 0 Å². The molecule has 22 heavy (non-hydrogen) atoms. The van der Waals surface area contributed by atoms with E-state index >= 15 is 0 Å². The Bertz CT molecular complexity index is 518. The fourth-order valence-electron chi connectivity index (χ4n) is 2.85. The van der Waals surface area contributed by atoms with Crippen molar-refractivity contribution < 1.29 is 14.3 Å². The number of carbonyl (C=O) groups excluding carboxylic acids is 2. The van der Waals surface area contributed by atoms with Gasteiger partial charge in [0.2, 0.25) is 11.8 Å². The maximum absolute atomic E-state index is 12.4. The number of nitrogens with one attached hydrogen (secondary N) is 1. The molecule has 0 aliphatic carbocycles. The molecule has 1 aromatic rings. The highest BCUT2D eigenvalue weighted by atomic mass is 16.5. The maximum Gasteiger partial charge on any atom is 0.245 e. The Morgan fingerprint density at radius 1 is 1.36 bits per heavy atom. The van der Waals surface area contributed by atoms with Gasteiger partial charge in [-0.05, 0) is 25.3 Å². The van der Waals surface area contributed by atoms with Crippen LogP contribution in [0.2, 0.25) is 0 Å². The number of hydrogen-bond donors (Lipinski definition) is 1. The number of amides is 2. The first-order valence-electron chi connectivity index (χ1n) is 7.69. The molecule has 0 unspecified atom stereocenters. The van der Waals surface area contributed by atoms with E-state index in [0.29, 0.717) is 32.5 Å². The summed E-state index contributed by atoms with van der Waals surface area (Å²) < 4.78 is 4.95. The van der Waals surface area contributed by atoms with Crippen LogP contribution in [0.4, 0.5) is 0 Å². The number of hydrogen-bond acceptors (Lipinski definition) is 3. The van der Waals surface area contributed by atoms with E-state index in [9.17, 15) is 9.59 Å². The van der Waals surface area contributed by atoms with Gasteiger partial charge in [-0.2, -0.15) is 0 Å². The molecule has 1 aliphatic rings. The van der Waals surface area contributed by atoms with Crippen molar-refractivity contribution in [1.29, 1.82) is 0 Å². The predicted molar refractivity (Wildman–Crippen MR) is 84.4 cm³/mol. The molecule has 120 valence electrons. The van der Waals surface area contributed by atoms with Crippen molar-refractivity contribution in [3.05, 3.63) is 35.9 Å². The van der Waals surface area contributed by atoms with Gasteiger partial charge >= 0.3 is 0 Å². The molecule has 1 saturated heterocycles. The average molecular weight is 304 g/mol. The van der Waals surface area contributed by atoms with Crippen molar-refractivity contribution in [2.45, 2.75) is 31.7 Å². The molecule has 0 spiro atoms. The van der Waals surface area contributed by atoms with Gasteiger partial charge in [0.25, 0.3) is 0 Å². The van der Waals surface area contributed by atoms with Gasteiger partial charge < -0.3 is 15.0 Å². The van der Waals surface area contributed by atoms with E-state index in [0.717, 1.165) is 6.42 Å². The van der Waals surface area contributed by atoms with E-state index in [-0.39, 0.29) is 11.8 Å². The molecule has 2 amide bonds. The van der Waals surface area contributed by atoms with Crippen molar-refractivity contribution >= 4 is 11.8 Å².